The third-order valence-electron chi connectivity index (χ3n) is 3.45. The van der Waals surface area contributed by atoms with Crippen molar-refractivity contribution in [3.63, 3.8) is 0 Å². The molecule has 0 radical (unpaired) electrons. The number of nitrogens with zero attached hydrogens (tertiary/aromatic N) is 2. The van der Waals surface area contributed by atoms with Gasteiger partial charge in [-0.3, -0.25) is 4.79 Å². The highest BCUT2D eigenvalue weighted by Gasteiger charge is 2.35. The first-order chi connectivity index (χ1) is 8.54. The average Bonchev–Trinajstić information content (AvgIpc) is 2.72. The van der Waals surface area contributed by atoms with Crippen LogP contribution in [0.4, 0.5) is 5.82 Å². The second kappa shape index (κ2) is 5.24. The second-order valence-electron chi connectivity index (χ2n) is 4.60. The molecule has 1 aromatic heterocycles. The van der Waals surface area contributed by atoms with Crippen LogP contribution < -0.4 is 5.73 Å². The molecule has 1 amide bonds. The highest BCUT2D eigenvalue weighted by molar-refractivity contribution is 9.10. The minimum absolute atomic E-state index is 0.0196. The maximum atomic E-state index is 12.4. The van der Waals surface area contributed by atoms with E-state index in [4.69, 9.17) is 5.73 Å². The van der Waals surface area contributed by atoms with Crippen LogP contribution in [0.15, 0.2) is 16.7 Å². The first-order valence-electron chi connectivity index (χ1n) is 5.87. The molecule has 2 unspecified atom stereocenters. The lowest BCUT2D eigenvalue weighted by Crippen LogP contribution is -2.40. The number of likely N-dealkylation sites (tertiary alicyclic amines) is 1. The summed E-state index contributed by atoms with van der Waals surface area (Å²) >= 11 is 3.28. The quantitative estimate of drug-likeness (QED) is 0.861. The fraction of sp³-hybridized carbons (Fsp3) is 0.500. The Morgan fingerprint density at radius 2 is 2.44 bits per heavy atom. The summed E-state index contributed by atoms with van der Waals surface area (Å²) in [5, 5.41) is 9.38. The van der Waals surface area contributed by atoms with Gasteiger partial charge in [0.25, 0.3) is 5.91 Å². The van der Waals surface area contributed by atoms with Crippen LogP contribution in [-0.2, 0) is 0 Å². The highest BCUT2D eigenvalue weighted by atomic mass is 79.9. The molecule has 18 heavy (non-hydrogen) atoms. The molecule has 2 heterocycles. The van der Waals surface area contributed by atoms with Crippen molar-refractivity contribution in [2.75, 3.05) is 18.9 Å². The molecule has 1 fully saturated rings. The number of nitrogen functional groups attached to an aromatic ring is 1. The van der Waals surface area contributed by atoms with Gasteiger partial charge in [0.15, 0.2) is 0 Å². The van der Waals surface area contributed by atoms with Gasteiger partial charge in [-0.25, -0.2) is 4.98 Å². The molecule has 1 aliphatic rings. The number of aliphatic hydroxyl groups is 1. The van der Waals surface area contributed by atoms with Crippen LogP contribution in [0.1, 0.15) is 23.7 Å². The molecule has 1 aliphatic heterocycles. The molecule has 5 nitrogen and oxygen atoms in total. The fourth-order valence-corrected chi connectivity index (χ4v) is 2.65. The van der Waals surface area contributed by atoms with Crippen molar-refractivity contribution in [3.8, 4) is 0 Å². The van der Waals surface area contributed by atoms with Crippen LogP contribution in [0.5, 0.6) is 0 Å². The first kappa shape index (κ1) is 13.3. The van der Waals surface area contributed by atoms with Gasteiger partial charge in [-0.2, -0.15) is 0 Å². The largest absolute Gasteiger partial charge is 0.394 e. The SMILES string of the molecule is CC1CCN(C(=O)c2cc(Br)cnc2N)C1CO. The van der Waals surface area contributed by atoms with Gasteiger partial charge in [0.05, 0.1) is 18.2 Å². The van der Waals surface area contributed by atoms with Crippen LogP contribution in [0.25, 0.3) is 0 Å². The number of aliphatic hydroxyl groups excluding tert-OH is 1. The monoisotopic (exact) mass is 313 g/mol. The average molecular weight is 314 g/mol. The van der Waals surface area contributed by atoms with Crippen molar-refractivity contribution >= 4 is 27.7 Å². The maximum absolute atomic E-state index is 12.4. The van der Waals surface area contributed by atoms with Crippen molar-refractivity contribution in [2.45, 2.75) is 19.4 Å². The fourth-order valence-electron chi connectivity index (χ4n) is 2.31. The molecule has 1 saturated heterocycles. The number of carbonyl (C=O) groups excluding carboxylic acids is 1. The van der Waals surface area contributed by atoms with E-state index < -0.39 is 0 Å². The van der Waals surface area contributed by atoms with E-state index in [2.05, 4.69) is 20.9 Å². The molecule has 2 rings (SSSR count). The Morgan fingerprint density at radius 3 is 3.11 bits per heavy atom. The standard InChI is InChI=1S/C12H16BrN3O2/c1-7-2-3-16(10(7)6-17)12(18)9-4-8(13)5-15-11(9)14/h4-5,7,10,17H,2-3,6H2,1H3,(H2,14,15). The van der Waals surface area contributed by atoms with Gasteiger partial charge < -0.3 is 15.7 Å². The second-order valence-corrected chi connectivity index (χ2v) is 5.52. The van der Waals surface area contributed by atoms with Crippen molar-refractivity contribution < 1.29 is 9.90 Å². The predicted molar refractivity (Wildman–Crippen MR) is 72.0 cm³/mol. The van der Waals surface area contributed by atoms with Crippen molar-refractivity contribution in [1.29, 1.82) is 0 Å². The van der Waals surface area contributed by atoms with Crippen molar-refractivity contribution in [3.05, 3.63) is 22.3 Å². The summed E-state index contributed by atoms with van der Waals surface area (Å²) in [6.45, 7) is 2.67. The molecule has 0 aromatic carbocycles. The number of halogens is 1. The number of anilines is 1. The number of pyridine rings is 1. The van der Waals surface area contributed by atoms with Crippen LogP contribution in [-0.4, -0.2) is 40.1 Å². The van der Waals surface area contributed by atoms with Crippen LogP contribution in [0.3, 0.4) is 0 Å². The number of rotatable bonds is 2. The third kappa shape index (κ3) is 2.35. The molecule has 98 valence electrons. The van der Waals surface area contributed by atoms with Gasteiger partial charge in [-0.1, -0.05) is 6.92 Å². The number of hydrogen-bond acceptors (Lipinski definition) is 4. The van der Waals surface area contributed by atoms with Crippen LogP contribution in [0.2, 0.25) is 0 Å². The van der Waals surface area contributed by atoms with E-state index in [9.17, 15) is 9.90 Å². The van der Waals surface area contributed by atoms with Gasteiger partial charge >= 0.3 is 0 Å². The Kier molecular flexibility index (Phi) is 3.87. The van der Waals surface area contributed by atoms with Gasteiger partial charge in [0.1, 0.15) is 5.82 Å². The summed E-state index contributed by atoms with van der Waals surface area (Å²) in [6.07, 6.45) is 2.46. The Balaban J connectivity index is 2.28. The van der Waals surface area contributed by atoms with E-state index in [1.165, 1.54) is 0 Å². The minimum atomic E-state index is -0.162. The van der Waals surface area contributed by atoms with E-state index in [1.54, 1.807) is 17.2 Å². The summed E-state index contributed by atoms with van der Waals surface area (Å²) < 4.78 is 0.716. The molecule has 3 N–H and O–H groups in total. The van der Waals surface area contributed by atoms with E-state index in [1.807, 2.05) is 6.92 Å². The molecule has 6 heteroatoms. The summed E-state index contributed by atoms with van der Waals surface area (Å²) in [5.41, 5.74) is 6.12. The lowest BCUT2D eigenvalue weighted by molar-refractivity contribution is 0.0649. The third-order valence-corrected chi connectivity index (χ3v) is 3.88. The topological polar surface area (TPSA) is 79.5 Å². The summed E-state index contributed by atoms with van der Waals surface area (Å²) in [7, 11) is 0. The minimum Gasteiger partial charge on any atom is -0.394 e. The smallest absolute Gasteiger partial charge is 0.257 e. The lowest BCUT2D eigenvalue weighted by atomic mass is 10.0. The molecule has 1 aromatic rings. The van der Waals surface area contributed by atoms with E-state index in [0.29, 0.717) is 22.5 Å². The lowest BCUT2D eigenvalue weighted by Gasteiger charge is -2.25. The Hall–Kier alpha value is -1.14. The number of hydrogen-bond donors (Lipinski definition) is 2. The number of aromatic nitrogens is 1. The van der Waals surface area contributed by atoms with Gasteiger partial charge in [-0.15, -0.1) is 0 Å². The van der Waals surface area contributed by atoms with Crippen molar-refractivity contribution in [1.82, 2.24) is 9.88 Å². The summed E-state index contributed by atoms with van der Waals surface area (Å²) in [5.74, 6) is 0.365. The number of nitrogens with two attached hydrogens (primary N) is 1. The Bertz CT molecular complexity index is 467. The molecule has 0 aliphatic carbocycles. The number of amides is 1. The van der Waals surface area contributed by atoms with E-state index in [-0.39, 0.29) is 24.4 Å². The van der Waals surface area contributed by atoms with Gasteiger partial charge in [-0.05, 0) is 34.3 Å². The predicted octanol–water partition coefficient (Wildman–Crippen LogP) is 1.27. The zero-order valence-corrected chi connectivity index (χ0v) is 11.7. The molecule has 0 saturated carbocycles. The van der Waals surface area contributed by atoms with Gasteiger partial charge in [0.2, 0.25) is 0 Å². The number of carbonyl (C=O) groups is 1. The van der Waals surface area contributed by atoms with Crippen molar-refractivity contribution in [2.24, 2.45) is 5.92 Å². The maximum Gasteiger partial charge on any atom is 0.257 e. The van der Waals surface area contributed by atoms with Crippen LogP contribution >= 0.6 is 15.9 Å². The normalized spacial score (nSPS) is 23.4. The molecular formula is C12H16BrN3O2. The Labute approximate surface area is 114 Å². The first-order valence-corrected chi connectivity index (χ1v) is 6.66. The van der Waals surface area contributed by atoms with Crippen LogP contribution in [0, 0.1) is 5.92 Å². The zero-order chi connectivity index (χ0) is 13.3. The molecule has 2 atom stereocenters. The molecular weight excluding hydrogens is 298 g/mol. The zero-order valence-electron chi connectivity index (χ0n) is 10.1. The summed E-state index contributed by atoms with van der Waals surface area (Å²) in [6, 6.07) is 1.54. The molecule has 0 bridgehead atoms. The van der Waals surface area contributed by atoms with E-state index in [0.717, 1.165) is 6.42 Å². The Morgan fingerprint density at radius 1 is 1.72 bits per heavy atom. The highest BCUT2D eigenvalue weighted by Crippen LogP contribution is 2.27. The summed E-state index contributed by atoms with van der Waals surface area (Å²) in [4.78, 5) is 18.1. The van der Waals surface area contributed by atoms with E-state index >= 15 is 0 Å². The molecule has 0 spiro atoms. The van der Waals surface area contributed by atoms with Gasteiger partial charge in [0, 0.05) is 17.2 Å².